The number of hydrogen-bond acceptors (Lipinski definition) is 0. The molecule has 14 aromatic rings. The summed E-state index contributed by atoms with van der Waals surface area (Å²) in [6.07, 6.45) is 0. The van der Waals surface area contributed by atoms with Crippen molar-refractivity contribution < 1.29 is 0 Å². The number of fused-ring (bicyclic) bond motifs is 10. The van der Waals surface area contributed by atoms with Gasteiger partial charge in [0.15, 0.2) is 0 Å². The molecule has 14 aromatic carbocycles. The molecule has 0 saturated heterocycles. The van der Waals surface area contributed by atoms with Crippen molar-refractivity contribution in [2.75, 3.05) is 0 Å². The van der Waals surface area contributed by atoms with E-state index in [0.29, 0.717) is 0 Å². The lowest BCUT2D eigenvalue weighted by molar-refractivity contribution is 1.47. The molecule has 0 spiro atoms. The summed E-state index contributed by atoms with van der Waals surface area (Å²) in [7, 11) is 0. The van der Waals surface area contributed by atoms with Crippen LogP contribution in [0.3, 0.4) is 0 Å². The van der Waals surface area contributed by atoms with Crippen molar-refractivity contribution in [2.24, 2.45) is 0 Å². The Morgan fingerprint density at radius 3 is 0.361 bits per heavy atom. The van der Waals surface area contributed by atoms with Crippen LogP contribution in [0, 0.1) is 55.4 Å². The van der Waals surface area contributed by atoms with Gasteiger partial charge in [0.25, 0.3) is 0 Å². The van der Waals surface area contributed by atoms with E-state index >= 15 is 0 Å². The van der Waals surface area contributed by atoms with Crippen LogP contribution in [0.5, 0.6) is 0 Å². The summed E-state index contributed by atoms with van der Waals surface area (Å²) < 4.78 is 0. The minimum Gasteiger partial charge on any atom is -0.0587 e. The highest BCUT2D eigenvalue weighted by Crippen LogP contribution is 2.32. The Morgan fingerprint density at radius 2 is 0.208 bits per heavy atom. The third-order valence-corrected chi connectivity index (χ3v) is 14.3. The first-order chi connectivity index (χ1) is 34.8. The minimum atomic E-state index is 1.31. The molecule has 0 heterocycles. The molecule has 0 bridgehead atoms. The summed E-state index contributed by atoms with van der Waals surface area (Å²) in [5, 5.41) is 26.4. The van der Waals surface area contributed by atoms with Crippen LogP contribution in [-0.4, -0.2) is 0 Å². The fraction of sp³-hybridized carbons (Fsp3) is 0.111. The van der Waals surface area contributed by atoms with Gasteiger partial charge in [-0.05, 0) is 236 Å². The van der Waals surface area contributed by atoms with Gasteiger partial charge < -0.3 is 0 Å². The molecule has 0 heteroatoms. The van der Waals surface area contributed by atoms with Gasteiger partial charge >= 0.3 is 0 Å². The van der Waals surface area contributed by atoms with E-state index in [1.54, 1.807) is 0 Å². The van der Waals surface area contributed by atoms with E-state index in [0.717, 1.165) is 0 Å². The number of rotatable bonds is 0. The highest BCUT2D eigenvalue weighted by Gasteiger charge is 2.06. The van der Waals surface area contributed by atoms with Gasteiger partial charge in [0.05, 0.1) is 0 Å². The SMILES string of the molecule is Cc1ccc2cc(C)ccc2c1.Cc1ccc2cc3cc(C)ccc3cc2c1.Cc1ccc2cc3cc4cc(C)ccc4cc3cc2c1.Cc1ccc2cc3cc4cc5cc(C)ccc5cc4cc3cc2c1. The van der Waals surface area contributed by atoms with E-state index in [9.17, 15) is 0 Å². The fourth-order valence-electron chi connectivity index (χ4n) is 10.4. The lowest BCUT2D eigenvalue weighted by Crippen LogP contribution is -1.82. The zero-order chi connectivity index (χ0) is 49.6. The average molecular weight is 925 g/mol. The Morgan fingerprint density at radius 1 is 0.111 bits per heavy atom. The molecule has 0 saturated carbocycles. The maximum absolute atomic E-state index is 2.33. The molecule has 0 radical (unpaired) electrons. The smallest absolute Gasteiger partial charge is 0.0171 e. The molecule has 0 fully saturated rings. The van der Waals surface area contributed by atoms with Crippen LogP contribution < -0.4 is 0 Å². The Labute approximate surface area is 423 Å². The zero-order valence-corrected chi connectivity index (χ0v) is 42.8. The number of aryl methyl sites for hydroxylation is 8. The first-order valence-corrected chi connectivity index (χ1v) is 25.3. The van der Waals surface area contributed by atoms with Crippen molar-refractivity contribution in [1.29, 1.82) is 0 Å². The largest absolute Gasteiger partial charge is 0.0587 e. The Bertz CT molecular complexity index is 4130. The fourth-order valence-corrected chi connectivity index (χ4v) is 10.4. The molecule has 0 aromatic heterocycles. The van der Waals surface area contributed by atoms with E-state index in [2.05, 4.69) is 274 Å². The van der Waals surface area contributed by atoms with Crippen molar-refractivity contribution >= 4 is 108 Å². The average Bonchev–Trinajstić information content (AvgIpc) is 3.36. The van der Waals surface area contributed by atoms with E-state index in [4.69, 9.17) is 0 Å². The van der Waals surface area contributed by atoms with Crippen LogP contribution in [0.1, 0.15) is 44.5 Å². The summed E-state index contributed by atoms with van der Waals surface area (Å²) in [5.74, 6) is 0. The highest BCUT2D eigenvalue weighted by atomic mass is 14.1. The Kier molecular flexibility index (Phi) is 12.2. The van der Waals surface area contributed by atoms with Crippen LogP contribution >= 0.6 is 0 Å². The summed E-state index contributed by atoms with van der Waals surface area (Å²) >= 11 is 0. The molecule has 14 rings (SSSR count). The molecular formula is C72H60. The van der Waals surface area contributed by atoms with E-state index in [1.807, 2.05) is 0 Å². The third kappa shape index (κ3) is 9.87. The highest BCUT2D eigenvalue weighted by molar-refractivity contribution is 6.09. The predicted molar refractivity (Wildman–Crippen MR) is 319 cm³/mol. The van der Waals surface area contributed by atoms with E-state index < -0.39 is 0 Å². The quantitative estimate of drug-likeness (QED) is 0.133. The van der Waals surface area contributed by atoms with Gasteiger partial charge in [-0.3, -0.25) is 0 Å². The number of benzene rings is 14. The standard InChI is InChI=1S/C24H18.C20H16.C16H14.C12H12/c1-15-3-5-17-9-21-14-24-12-20-8-16(2)4-6-18(20)10-22(24)13-23(21)11-19(17)7-15;1-13-3-5-15-9-20-12-18-8-14(2)4-6-16(18)10-19(20)11-17(15)7-13;1-11-3-5-13-10-16-8-12(2)4-6-14(16)9-15(13)7-11;1-9-3-5-12-8-10(2)4-6-11(12)7-9/h3-14H,1-2H3;3-12H,1-2H3;3-10H,1-2H3;3-8H,1-2H3. The molecule has 0 nitrogen and oxygen atoms in total. The lowest BCUT2D eigenvalue weighted by atomic mass is 9.96. The second kappa shape index (κ2) is 19.1. The third-order valence-electron chi connectivity index (χ3n) is 14.3. The topological polar surface area (TPSA) is 0 Å². The van der Waals surface area contributed by atoms with Crippen molar-refractivity contribution in [3.05, 3.63) is 263 Å². The van der Waals surface area contributed by atoms with Crippen LogP contribution in [-0.2, 0) is 0 Å². The molecule has 0 atom stereocenters. The minimum absolute atomic E-state index is 1.31. The van der Waals surface area contributed by atoms with Crippen LogP contribution in [0.4, 0.5) is 0 Å². The second-order valence-electron chi connectivity index (χ2n) is 20.6. The molecule has 0 amide bonds. The van der Waals surface area contributed by atoms with Crippen molar-refractivity contribution in [2.45, 2.75) is 55.4 Å². The molecular weight excluding hydrogens is 865 g/mol. The molecule has 0 aliphatic carbocycles. The second-order valence-corrected chi connectivity index (χ2v) is 20.6. The Balaban J connectivity index is 0.000000107. The van der Waals surface area contributed by atoms with Crippen molar-refractivity contribution in [1.82, 2.24) is 0 Å². The molecule has 0 unspecified atom stereocenters. The van der Waals surface area contributed by atoms with Gasteiger partial charge in [0.2, 0.25) is 0 Å². The molecule has 0 N–H and O–H groups in total. The molecule has 348 valence electrons. The first kappa shape index (κ1) is 46.1. The summed E-state index contributed by atoms with van der Waals surface area (Å²) in [6, 6.07) is 80.6. The normalized spacial score (nSPS) is 11.3. The van der Waals surface area contributed by atoms with Crippen LogP contribution in [0.2, 0.25) is 0 Å². The van der Waals surface area contributed by atoms with Crippen LogP contribution in [0.15, 0.2) is 218 Å². The lowest BCUT2D eigenvalue weighted by Gasteiger charge is -2.08. The van der Waals surface area contributed by atoms with Crippen molar-refractivity contribution in [3.63, 3.8) is 0 Å². The van der Waals surface area contributed by atoms with Gasteiger partial charge in [-0.25, -0.2) is 0 Å². The van der Waals surface area contributed by atoms with Crippen LogP contribution in [0.25, 0.3) is 108 Å². The zero-order valence-electron chi connectivity index (χ0n) is 42.8. The molecule has 72 heavy (non-hydrogen) atoms. The van der Waals surface area contributed by atoms with Gasteiger partial charge in [-0.2, -0.15) is 0 Å². The van der Waals surface area contributed by atoms with E-state index in [1.165, 1.54) is 152 Å². The van der Waals surface area contributed by atoms with Gasteiger partial charge in [0.1, 0.15) is 0 Å². The van der Waals surface area contributed by atoms with Gasteiger partial charge in [-0.15, -0.1) is 0 Å². The van der Waals surface area contributed by atoms with Gasteiger partial charge in [-0.1, -0.05) is 190 Å². The molecule has 0 aliphatic heterocycles. The number of hydrogen-bond donors (Lipinski definition) is 0. The van der Waals surface area contributed by atoms with Crippen molar-refractivity contribution in [3.8, 4) is 0 Å². The maximum Gasteiger partial charge on any atom is -0.0171 e. The van der Waals surface area contributed by atoms with E-state index in [-0.39, 0.29) is 0 Å². The summed E-state index contributed by atoms with van der Waals surface area (Å²) in [4.78, 5) is 0. The molecule has 0 aliphatic rings. The first-order valence-electron chi connectivity index (χ1n) is 25.3. The predicted octanol–water partition coefficient (Wildman–Crippen LogP) is 20.7. The Hall–Kier alpha value is -8.32. The summed E-state index contributed by atoms with van der Waals surface area (Å²) in [5.41, 5.74) is 10.5. The monoisotopic (exact) mass is 924 g/mol. The van der Waals surface area contributed by atoms with Gasteiger partial charge in [0, 0.05) is 0 Å². The summed E-state index contributed by atoms with van der Waals surface area (Å²) in [6.45, 7) is 17.1. The maximum atomic E-state index is 2.33.